The topological polar surface area (TPSA) is 131 Å². The first-order chi connectivity index (χ1) is 17.3. The molecule has 1 aromatic carbocycles. The summed E-state index contributed by atoms with van der Waals surface area (Å²) in [5.41, 5.74) is 5.79. The molecule has 2 atom stereocenters. The van der Waals surface area contributed by atoms with Gasteiger partial charge in [0.15, 0.2) is 17.3 Å². The van der Waals surface area contributed by atoms with Crippen molar-refractivity contribution in [2.45, 2.75) is 69.6 Å². The average Bonchev–Trinajstić information content (AvgIpc) is 3.20. The zero-order valence-electron chi connectivity index (χ0n) is 19.6. The summed E-state index contributed by atoms with van der Waals surface area (Å²) in [5.74, 6) is -3.37. The lowest BCUT2D eigenvalue weighted by molar-refractivity contribution is -0.122. The molecule has 0 aliphatic heterocycles. The van der Waals surface area contributed by atoms with Crippen LogP contribution in [0.15, 0.2) is 18.3 Å². The number of halogens is 3. The first-order valence-corrected chi connectivity index (χ1v) is 12.2. The van der Waals surface area contributed by atoms with Gasteiger partial charge >= 0.3 is 0 Å². The fourth-order valence-electron chi connectivity index (χ4n) is 5.23. The molecular formula is C24H28F3N7O2. The highest BCUT2D eigenvalue weighted by atomic mass is 19.1. The number of fused-ring (bicyclic) bond motifs is 1. The van der Waals surface area contributed by atoms with Gasteiger partial charge in [-0.1, -0.05) is 12.8 Å². The molecule has 2 fully saturated rings. The number of amides is 1. The van der Waals surface area contributed by atoms with Crippen molar-refractivity contribution in [2.75, 3.05) is 10.6 Å². The molecule has 0 spiro atoms. The Hall–Kier alpha value is -3.41. The summed E-state index contributed by atoms with van der Waals surface area (Å²) in [7, 11) is 0. The van der Waals surface area contributed by atoms with Crippen LogP contribution in [0.25, 0.3) is 11.2 Å². The summed E-state index contributed by atoms with van der Waals surface area (Å²) in [6, 6.07) is 0.822. The van der Waals surface area contributed by atoms with Gasteiger partial charge in [0.25, 0.3) is 0 Å². The average molecular weight is 504 g/mol. The van der Waals surface area contributed by atoms with E-state index in [0.717, 1.165) is 19.3 Å². The van der Waals surface area contributed by atoms with Crippen LogP contribution in [0.2, 0.25) is 0 Å². The molecule has 5 rings (SSSR count). The van der Waals surface area contributed by atoms with Crippen LogP contribution in [-0.4, -0.2) is 42.7 Å². The Kier molecular flexibility index (Phi) is 6.69. The van der Waals surface area contributed by atoms with Crippen molar-refractivity contribution in [1.29, 1.82) is 0 Å². The second-order valence-electron chi connectivity index (χ2n) is 9.59. The van der Waals surface area contributed by atoms with Gasteiger partial charge < -0.3 is 21.5 Å². The van der Waals surface area contributed by atoms with Gasteiger partial charge in [0.2, 0.25) is 17.8 Å². The lowest BCUT2D eigenvalue weighted by Crippen LogP contribution is -2.36. The normalized spacial score (nSPS) is 24.6. The maximum Gasteiger partial charge on any atom is 0.225 e. The number of hydrogen-bond acceptors (Lipinski definition) is 7. The third-order valence-electron chi connectivity index (χ3n) is 7.18. The fraction of sp³-hybridized carbons (Fsp3) is 0.500. The van der Waals surface area contributed by atoms with Gasteiger partial charge in [0, 0.05) is 24.1 Å². The van der Waals surface area contributed by atoms with Crippen LogP contribution in [-0.2, 0) is 4.79 Å². The third kappa shape index (κ3) is 4.81. The van der Waals surface area contributed by atoms with Crippen LogP contribution in [0.4, 0.5) is 30.8 Å². The van der Waals surface area contributed by atoms with Crippen LogP contribution in [0, 0.1) is 23.4 Å². The Morgan fingerprint density at radius 1 is 1.03 bits per heavy atom. The van der Waals surface area contributed by atoms with E-state index in [1.165, 1.54) is 6.20 Å². The molecule has 2 saturated carbocycles. The Bertz CT molecular complexity index is 1250. The maximum atomic E-state index is 14.4. The molecule has 3 aromatic rings. The van der Waals surface area contributed by atoms with E-state index in [2.05, 4.69) is 25.6 Å². The number of nitrogens with one attached hydrogen (secondary N) is 2. The summed E-state index contributed by atoms with van der Waals surface area (Å²) in [6.07, 6.45) is 6.71. The molecule has 2 aliphatic carbocycles. The maximum absolute atomic E-state index is 14.4. The molecule has 0 unspecified atom stereocenters. The molecule has 36 heavy (non-hydrogen) atoms. The smallest absolute Gasteiger partial charge is 0.225 e. The summed E-state index contributed by atoms with van der Waals surface area (Å²) >= 11 is 0. The largest absolute Gasteiger partial charge is 0.391 e. The standard InChI is InChI=1S/C24H28F3N7O2/c25-13-9-15(26)20(16(27)10-13)32-24-31-18-11-29-23(30-17-3-1-2-4-19(17)35)33-22(18)34(24)14-7-5-12(6-8-14)21(28)36/h9-12,14,17,19,35H,1-8H2,(H2,28,36)(H,31,32)(H,29,30,33)/t12-,14+,17-,19+/m0/s1. The number of benzene rings is 1. The summed E-state index contributed by atoms with van der Waals surface area (Å²) in [6.45, 7) is 0. The van der Waals surface area contributed by atoms with Gasteiger partial charge in [-0.3, -0.25) is 9.36 Å². The Morgan fingerprint density at radius 2 is 1.72 bits per heavy atom. The number of aliphatic hydroxyl groups excluding tert-OH is 1. The minimum absolute atomic E-state index is 0.126. The molecule has 9 nitrogen and oxygen atoms in total. The van der Waals surface area contributed by atoms with E-state index in [1.807, 2.05) is 0 Å². The predicted molar refractivity (Wildman–Crippen MR) is 127 cm³/mol. The van der Waals surface area contributed by atoms with Crippen LogP contribution in [0.1, 0.15) is 57.4 Å². The Labute approximate surface area is 205 Å². The van der Waals surface area contributed by atoms with E-state index in [9.17, 15) is 23.1 Å². The number of nitrogens with zero attached hydrogens (tertiary/aromatic N) is 4. The number of rotatable bonds is 6. The third-order valence-corrected chi connectivity index (χ3v) is 7.18. The lowest BCUT2D eigenvalue weighted by atomic mass is 9.85. The van der Waals surface area contributed by atoms with E-state index in [0.29, 0.717) is 61.3 Å². The minimum Gasteiger partial charge on any atom is -0.391 e. The Balaban J connectivity index is 1.53. The van der Waals surface area contributed by atoms with Crippen molar-refractivity contribution in [3.8, 4) is 0 Å². The summed E-state index contributed by atoms with van der Waals surface area (Å²) < 4.78 is 44.1. The summed E-state index contributed by atoms with van der Waals surface area (Å²) in [4.78, 5) is 25.1. The van der Waals surface area contributed by atoms with E-state index in [4.69, 9.17) is 5.73 Å². The van der Waals surface area contributed by atoms with Crippen LogP contribution >= 0.6 is 0 Å². The number of hydrogen-bond donors (Lipinski definition) is 4. The molecule has 0 bridgehead atoms. The van der Waals surface area contributed by atoms with Crippen molar-refractivity contribution in [3.05, 3.63) is 35.8 Å². The predicted octanol–water partition coefficient (Wildman–Crippen LogP) is 3.92. The Morgan fingerprint density at radius 3 is 2.39 bits per heavy atom. The monoisotopic (exact) mass is 503 g/mol. The van der Waals surface area contributed by atoms with Gasteiger partial charge in [-0.25, -0.2) is 23.1 Å². The minimum atomic E-state index is -1.09. The number of primary amides is 1. The van der Waals surface area contributed by atoms with Crippen LogP contribution < -0.4 is 16.4 Å². The van der Waals surface area contributed by atoms with Crippen molar-refractivity contribution in [3.63, 3.8) is 0 Å². The molecule has 2 heterocycles. The number of aromatic nitrogens is 4. The molecule has 2 aromatic heterocycles. The van der Waals surface area contributed by atoms with Gasteiger partial charge in [-0.2, -0.15) is 4.98 Å². The highest BCUT2D eigenvalue weighted by molar-refractivity contribution is 5.78. The quantitative estimate of drug-likeness (QED) is 0.401. The lowest BCUT2D eigenvalue weighted by Gasteiger charge is -2.29. The molecule has 2 aliphatic rings. The second kappa shape index (κ2) is 9.92. The zero-order valence-corrected chi connectivity index (χ0v) is 19.6. The number of carbonyl (C=O) groups excluding carboxylic acids is 1. The number of aliphatic hydroxyl groups is 1. The zero-order chi connectivity index (χ0) is 25.4. The van der Waals surface area contributed by atoms with E-state index < -0.39 is 29.2 Å². The number of carbonyl (C=O) groups is 1. The molecule has 0 saturated heterocycles. The second-order valence-corrected chi connectivity index (χ2v) is 9.59. The number of imidazole rings is 1. The van der Waals surface area contributed by atoms with E-state index in [-0.39, 0.29) is 29.9 Å². The van der Waals surface area contributed by atoms with Gasteiger partial charge in [0.1, 0.15) is 17.0 Å². The van der Waals surface area contributed by atoms with Crippen molar-refractivity contribution < 1.29 is 23.1 Å². The van der Waals surface area contributed by atoms with Crippen LogP contribution in [0.5, 0.6) is 0 Å². The number of anilines is 3. The van der Waals surface area contributed by atoms with Crippen LogP contribution in [0.3, 0.4) is 0 Å². The fourth-order valence-corrected chi connectivity index (χ4v) is 5.23. The SMILES string of the molecule is NC(=O)[C@H]1CC[C@@H](n2c(Nc3c(F)cc(F)cc3F)nc3cnc(N[C@H]4CCCC[C@H]4O)nc32)CC1. The van der Waals surface area contributed by atoms with Crippen molar-refractivity contribution in [1.82, 2.24) is 19.5 Å². The van der Waals surface area contributed by atoms with E-state index in [1.54, 1.807) is 4.57 Å². The van der Waals surface area contributed by atoms with Gasteiger partial charge in [-0.05, 0) is 38.5 Å². The molecule has 12 heteroatoms. The van der Waals surface area contributed by atoms with Crippen molar-refractivity contribution >= 4 is 34.7 Å². The first kappa shape index (κ1) is 24.3. The van der Waals surface area contributed by atoms with Gasteiger partial charge in [0.05, 0.1) is 18.3 Å². The molecule has 0 radical (unpaired) electrons. The summed E-state index contributed by atoms with van der Waals surface area (Å²) in [5, 5.41) is 16.2. The molecule has 1 amide bonds. The highest BCUT2D eigenvalue weighted by Gasteiger charge is 2.30. The molecular weight excluding hydrogens is 475 g/mol. The van der Waals surface area contributed by atoms with E-state index >= 15 is 0 Å². The van der Waals surface area contributed by atoms with Gasteiger partial charge in [-0.15, -0.1) is 0 Å². The first-order valence-electron chi connectivity index (χ1n) is 12.2. The highest BCUT2D eigenvalue weighted by Crippen LogP contribution is 2.37. The molecule has 5 N–H and O–H groups in total. The number of nitrogens with two attached hydrogens (primary N) is 1. The van der Waals surface area contributed by atoms with Crippen molar-refractivity contribution in [2.24, 2.45) is 11.7 Å². The molecule has 192 valence electrons.